The molecule has 4 heteroatoms. The molecule has 0 aliphatic rings. The van der Waals surface area contributed by atoms with Gasteiger partial charge in [-0.2, -0.15) is 0 Å². The van der Waals surface area contributed by atoms with Crippen LogP contribution in [0.2, 0.25) is 0 Å². The van der Waals surface area contributed by atoms with Gasteiger partial charge in [-0.15, -0.1) is 0 Å². The summed E-state index contributed by atoms with van der Waals surface area (Å²) < 4.78 is 0. The van der Waals surface area contributed by atoms with Gasteiger partial charge in [0.1, 0.15) is 0 Å². The molecule has 95 valence electrons. The highest BCUT2D eigenvalue weighted by molar-refractivity contribution is 6.13. The van der Waals surface area contributed by atoms with Crippen molar-refractivity contribution in [2.45, 2.75) is 0 Å². The van der Waals surface area contributed by atoms with Gasteiger partial charge in [0.2, 0.25) is 0 Å². The number of rotatable bonds is 3. The molecule has 0 spiro atoms. The molecule has 0 aromatic heterocycles. The largest absolute Gasteiger partial charge is 0.482 e. The standard InChI is InChI=1S/C15H12O.BH2O2/c16-15(14-9-5-2-6-10-14)12-11-13-7-3-1-4-8-13;2-1-3/h1-12H;2-3H. The molecular weight excluding hydrogens is 239 g/mol. The Morgan fingerprint density at radius 3 is 1.89 bits per heavy atom. The molecule has 3 nitrogen and oxygen atoms in total. The highest BCUT2D eigenvalue weighted by Crippen LogP contribution is 2.05. The number of benzene rings is 2. The van der Waals surface area contributed by atoms with Crippen LogP contribution in [-0.4, -0.2) is 23.5 Å². The Hall–Kier alpha value is -2.17. The van der Waals surface area contributed by atoms with Crippen LogP contribution >= 0.6 is 0 Å². The average Bonchev–Trinajstić information content (AvgIpc) is 2.47. The minimum Gasteiger partial charge on any atom is -0.429 e. The van der Waals surface area contributed by atoms with E-state index in [1.165, 1.54) is 0 Å². The van der Waals surface area contributed by atoms with Crippen LogP contribution in [0, 0.1) is 0 Å². The fourth-order valence-electron chi connectivity index (χ4n) is 1.43. The zero-order chi connectivity index (χ0) is 13.9. The molecule has 0 aliphatic carbocycles. The molecule has 0 aliphatic heterocycles. The number of ketones is 1. The molecule has 0 unspecified atom stereocenters. The Morgan fingerprint density at radius 1 is 0.895 bits per heavy atom. The highest BCUT2D eigenvalue weighted by Gasteiger charge is 1.98. The molecule has 2 aromatic carbocycles. The van der Waals surface area contributed by atoms with E-state index in [-0.39, 0.29) is 13.5 Å². The first-order chi connectivity index (χ1) is 9.27. The van der Waals surface area contributed by atoms with Crippen molar-refractivity contribution in [3.8, 4) is 0 Å². The van der Waals surface area contributed by atoms with E-state index in [4.69, 9.17) is 10.0 Å². The maximum atomic E-state index is 11.7. The Labute approximate surface area is 113 Å². The van der Waals surface area contributed by atoms with Crippen LogP contribution in [0.25, 0.3) is 6.08 Å². The number of carbonyl (C=O) groups is 1. The summed E-state index contributed by atoms with van der Waals surface area (Å²) in [6.45, 7) is 0. The summed E-state index contributed by atoms with van der Waals surface area (Å²) >= 11 is 0. The van der Waals surface area contributed by atoms with Crippen LogP contribution < -0.4 is 0 Å². The average molecular weight is 253 g/mol. The lowest BCUT2D eigenvalue weighted by molar-refractivity contribution is 0.104. The summed E-state index contributed by atoms with van der Waals surface area (Å²) in [7, 11) is 0. The van der Waals surface area contributed by atoms with Crippen molar-refractivity contribution in [3.05, 3.63) is 77.9 Å². The Morgan fingerprint density at radius 2 is 1.37 bits per heavy atom. The molecule has 0 atom stereocenters. The molecule has 0 fully saturated rings. The van der Waals surface area contributed by atoms with Crippen molar-refractivity contribution in [2.75, 3.05) is 0 Å². The van der Waals surface area contributed by atoms with Crippen molar-refractivity contribution >= 4 is 19.5 Å². The molecule has 2 N–H and O–H groups in total. The highest BCUT2D eigenvalue weighted by atomic mass is 16.4. The zero-order valence-corrected chi connectivity index (χ0v) is 10.3. The lowest BCUT2D eigenvalue weighted by Crippen LogP contribution is -1.92. The lowest BCUT2D eigenvalue weighted by atomic mass is 10.1. The van der Waals surface area contributed by atoms with Gasteiger partial charge in [0.15, 0.2) is 5.78 Å². The summed E-state index contributed by atoms with van der Waals surface area (Å²) in [5.41, 5.74) is 1.75. The minimum absolute atomic E-state index is 0. The maximum Gasteiger partial charge on any atom is 0.482 e. The number of carbonyl (C=O) groups excluding carboxylic acids is 1. The molecular formula is C15H14BO3. The number of hydrogen-bond donors (Lipinski definition) is 2. The fraction of sp³-hybridized carbons (Fsp3) is 0. The van der Waals surface area contributed by atoms with Gasteiger partial charge in [-0.25, -0.2) is 0 Å². The van der Waals surface area contributed by atoms with E-state index in [9.17, 15) is 4.79 Å². The normalized spacial score (nSPS) is 9.58. The molecule has 2 rings (SSSR count). The second kappa shape index (κ2) is 8.86. The molecule has 19 heavy (non-hydrogen) atoms. The van der Waals surface area contributed by atoms with E-state index in [2.05, 4.69) is 0 Å². The topological polar surface area (TPSA) is 57.5 Å². The summed E-state index contributed by atoms with van der Waals surface area (Å²) in [5.74, 6) is 0.0319. The van der Waals surface area contributed by atoms with Crippen LogP contribution in [0.4, 0.5) is 0 Å². The van der Waals surface area contributed by atoms with Crippen LogP contribution in [0.1, 0.15) is 15.9 Å². The first-order valence-corrected chi connectivity index (χ1v) is 5.70. The predicted octanol–water partition coefficient (Wildman–Crippen LogP) is 2.09. The van der Waals surface area contributed by atoms with Gasteiger partial charge < -0.3 is 10.0 Å². The SMILES string of the molecule is O=C(C=Cc1ccccc1)c1ccccc1.O[B]O. The van der Waals surface area contributed by atoms with E-state index >= 15 is 0 Å². The molecule has 1 radical (unpaired) electrons. The van der Waals surface area contributed by atoms with E-state index in [0.717, 1.165) is 11.1 Å². The molecule has 0 saturated carbocycles. The van der Waals surface area contributed by atoms with E-state index in [1.54, 1.807) is 6.08 Å². The van der Waals surface area contributed by atoms with Gasteiger partial charge in [-0.3, -0.25) is 4.79 Å². The van der Waals surface area contributed by atoms with Gasteiger partial charge in [0.25, 0.3) is 0 Å². The summed E-state index contributed by atoms with van der Waals surface area (Å²) in [6.07, 6.45) is 3.43. The predicted molar refractivity (Wildman–Crippen MR) is 76.4 cm³/mol. The molecule has 0 saturated heterocycles. The van der Waals surface area contributed by atoms with Gasteiger partial charge in [-0.05, 0) is 11.6 Å². The minimum atomic E-state index is 0. The second-order valence-corrected chi connectivity index (χ2v) is 3.59. The first-order valence-electron chi connectivity index (χ1n) is 5.70. The molecule has 0 heterocycles. The first kappa shape index (κ1) is 14.9. The van der Waals surface area contributed by atoms with Gasteiger partial charge in [0.05, 0.1) is 0 Å². The molecule has 0 amide bonds. The van der Waals surface area contributed by atoms with E-state index < -0.39 is 0 Å². The third-order valence-corrected chi connectivity index (χ3v) is 2.29. The Kier molecular flexibility index (Phi) is 6.94. The van der Waals surface area contributed by atoms with E-state index in [1.807, 2.05) is 66.7 Å². The third-order valence-electron chi connectivity index (χ3n) is 2.29. The quantitative estimate of drug-likeness (QED) is 0.500. The second-order valence-electron chi connectivity index (χ2n) is 3.59. The Bertz CT molecular complexity index is 509. The fourth-order valence-corrected chi connectivity index (χ4v) is 1.43. The van der Waals surface area contributed by atoms with Crippen molar-refractivity contribution in [3.63, 3.8) is 0 Å². The van der Waals surface area contributed by atoms with Crippen LogP contribution in [0.5, 0.6) is 0 Å². The smallest absolute Gasteiger partial charge is 0.429 e. The van der Waals surface area contributed by atoms with Crippen LogP contribution in [0.15, 0.2) is 66.7 Å². The van der Waals surface area contributed by atoms with Crippen LogP contribution in [0.3, 0.4) is 0 Å². The van der Waals surface area contributed by atoms with Gasteiger partial charge in [-0.1, -0.05) is 66.7 Å². The van der Waals surface area contributed by atoms with Crippen molar-refractivity contribution in [1.29, 1.82) is 0 Å². The maximum absolute atomic E-state index is 11.7. The summed E-state index contributed by atoms with van der Waals surface area (Å²) in [6, 6.07) is 19.1. The monoisotopic (exact) mass is 253 g/mol. The summed E-state index contributed by atoms with van der Waals surface area (Å²) in [4.78, 5) is 11.7. The number of allylic oxidation sites excluding steroid dienone is 1. The van der Waals surface area contributed by atoms with Crippen molar-refractivity contribution in [1.82, 2.24) is 0 Å². The number of hydrogen-bond acceptors (Lipinski definition) is 3. The lowest BCUT2D eigenvalue weighted by Gasteiger charge is -1.94. The van der Waals surface area contributed by atoms with Crippen LogP contribution in [-0.2, 0) is 0 Å². The Balaban J connectivity index is 0.000000550. The van der Waals surface area contributed by atoms with Gasteiger partial charge >= 0.3 is 7.69 Å². The molecule has 0 bridgehead atoms. The van der Waals surface area contributed by atoms with Crippen molar-refractivity contribution in [2.24, 2.45) is 0 Å². The molecule has 2 aromatic rings. The zero-order valence-electron chi connectivity index (χ0n) is 10.3. The van der Waals surface area contributed by atoms with Crippen molar-refractivity contribution < 1.29 is 14.8 Å². The third kappa shape index (κ3) is 5.81. The summed E-state index contributed by atoms with van der Waals surface area (Å²) in [5, 5.41) is 14.0. The van der Waals surface area contributed by atoms with E-state index in [0.29, 0.717) is 0 Å². The van der Waals surface area contributed by atoms with Gasteiger partial charge in [0, 0.05) is 5.56 Å².